The molecule has 2 atom stereocenters. The predicted molar refractivity (Wildman–Crippen MR) is 68.4 cm³/mol. The van der Waals surface area contributed by atoms with Gasteiger partial charge in [-0.15, -0.1) is 0 Å². The van der Waals surface area contributed by atoms with Gasteiger partial charge in [0.2, 0.25) is 0 Å². The highest BCUT2D eigenvalue weighted by Crippen LogP contribution is 2.59. The Bertz CT molecular complexity index is 537. The van der Waals surface area contributed by atoms with Gasteiger partial charge in [0, 0.05) is 0 Å². The first-order valence-electron chi connectivity index (χ1n) is 5.88. The number of carboxylic acids is 1. The third-order valence-corrected chi connectivity index (χ3v) is 3.73. The third-order valence-electron chi connectivity index (χ3n) is 3.73. The van der Waals surface area contributed by atoms with Crippen molar-refractivity contribution in [2.45, 2.75) is 13.8 Å². The molecule has 92 valence electrons. The molecule has 0 spiro atoms. The largest absolute Gasteiger partial charge is 0.481 e. The van der Waals surface area contributed by atoms with Gasteiger partial charge in [0.25, 0.3) is 0 Å². The molecule has 18 heavy (non-hydrogen) atoms. The molecule has 1 aromatic rings. The summed E-state index contributed by atoms with van der Waals surface area (Å²) in [6, 6.07) is 11.5. The first-order chi connectivity index (χ1) is 8.48. The molecule has 3 heteroatoms. The molecule has 3 nitrogen and oxygen atoms in total. The zero-order valence-corrected chi connectivity index (χ0v) is 10.4. The highest BCUT2D eigenvalue weighted by atomic mass is 16.4. The molecule has 0 aliphatic heterocycles. The quantitative estimate of drug-likeness (QED) is 0.827. The fourth-order valence-corrected chi connectivity index (χ4v) is 2.46. The van der Waals surface area contributed by atoms with Gasteiger partial charge < -0.3 is 5.11 Å². The molecular weight excluding hydrogens is 226 g/mol. The molecule has 2 unspecified atom stereocenters. The molecular formula is C15H15NO2. The molecule has 1 aromatic carbocycles. The van der Waals surface area contributed by atoms with Gasteiger partial charge in [-0.3, -0.25) is 4.79 Å². The van der Waals surface area contributed by atoms with E-state index >= 15 is 0 Å². The summed E-state index contributed by atoms with van der Waals surface area (Å²) in [5, 5.41) is 18.3. The minimum absolute atomic E-state index is 0.0649. The van der Waals surface area contributed by atoms with Crippen LogP contribution in [0.25, 0.3) is 5.57 Å². The van der Waals surface area contributed by atoms with Crippen molar-refractivity contribution in [1.29, 1.82) is 5.26 Å². The molecule has 0 radical (unpaired) electrons. The molecule has 1 aliphatic rings. The van der Waals surface area contributed by atoms with Crippen LogP contribution in [-0.2, 0) is 4.79 Å². The van der Waals surface area contributed by atoms with Crippen LogP contribution in [0.1, 0.15) is 19.4 Å². The number of carbonyl (C=O) groups is 1. The maximum atomic E-state index is 11.1. The molecule has 1 saturated carbocycles. The number of nitriles is 1. The molecule has 0 heterocycles. The smallest absolute Gasteiger partial charge is 0.307 e. The highest BCUT2D eigenvalue weighted by Gasteiger charge is 2.61. The van der Waals surface area contributed by atoms with Gasteiger partial charge in [0.1, 0.15) is 0 Å². The Morgan fingerprint density at radius 2 is 2.00 bits per heavy atom. The zero-order valence-electron chi connectivity index (χ0n) is 10.4. The lowest BCUT2D eigenvalue weighted by atomic mass is 10.0. The van der Waals surface area contributed by atoms with Gasteiger partial charge in [0.15, 0.2) is 0 Å². The monoisotopic (exact) mass is 241 g/mol. The van der Waals surface area contributed by atoms with E-state index in [0.717, 1.165) is 5.56 Å². The number of carboxylic acid groups (broad SMARTS) is 1. The number of aliphatic carboxylic acids is 1. The lowest BCUT2D eigenvalue weighted by molar-refractivity contribution is -0.139. The summed E-state index contributed by atoms with van der Waals surface area (Å²) in [6.07, 6.45) is 1.80. The summed E-state index contributed by atoms with van der Waals surface area (Å²) in [5.41, 5.74) is 1.13. The Hall–Kier alpha value is -2.08. The molecule has 1 aliphatic carbocycles. The second-order valence-electron chi connectivity index (χ2n) is 5.22. The van der Waals surface area contributed by atoms with Gasteiger partial charge in [-0.2, -0.15) is 5.26 Å². The van der Waals surface area contributed by atoms with E-state index in [9.17, 15) is 10.1 Å². The second kappa shape index (κ2) is 4.30. The van der Waals surface area contributed by atoms with Crippen molar-refractivity contribution in [3.63, 3.8) is 0 Å². The van der Waals surface area contributed by atoms with Crippen LogP contribution in [-0.4, -0.2) is 11.1 Å². The minimum atomic E-state index is -0.786. The van der Waals surface area contributed by atoms with Crippen molar-refractivity contribution < 1.29 is 9.90 Å². The number of hydrogen-bond donors (Lipinski definition) is 1. The first-order valence-corrected chi connectivity index (χ1v) is 5.88. The van der Waals surface area contributed by atoms with E-state index in [0.29, 0.717) is 5.57 Å². The van der Waals surface area contributed by atoms with Gasteiger partial charge in [-0.05, 0) is 16.9 Å². The number of rotatable bonds is 3. The normalized spacial score (nSPS) is 25.3. The molecule has 0 saturated heterocycles. The van der Waals surface area contributed by atoms with E-state index in [1.165, 1.54) is 0 Å². The van der Waals surface area contributed by atoms with E-state index in [1.807, 2.05) is 44.2 Å². The van der Waals surface area contributed by atoms with E-state index in [1.54, 1.807) is 6.08 Å². The number of hydrogen-bond acceptors (Lipinski definition) is 2. The van der Waals surface area contributed by atoms with Gasteiger partial charge in [-0.1, -0.05) is 50.3 Å². The maximum absolute atomic E-state index is 11.1. The van der Waals surface area contributed by atoms with Crippen molar-refractivity contribution in [3.8, 4) is 6.07 Å². The average molecular weight is 241 g/mol. The van der Waals surface area contributed by atoms with Crippen LogP contribution in [0.15, 0.2) is 36.4 Å². The SMILES string of the molecule is CC1(C)C(C=C(C#N)c2ccccc2)C1C(=O)O. The van der Waals surface area contributed by atoms with Gasteiger partial charge >= 0.3 is 5.97 Å². The maximum Gasteiger partial charge on any atom is 0.307 e. The predicted octanol–water partition coefficient (Wildman–Crippen LogP) is 2.95. The Morgan fingerprint density at radius 1 is 1.39 bits per heavy atom. The Labute approximate surface area is 106 Å². The van der Waals surface area contributed by atoms with Crippen LogP contribution in [0.5, 0.6) is 0 Å². The van der Waals surface area contributed by atoms with Crippen molar-refractivity contribution in [1.82, 2.24) is 0 Å². The number of allylic oxidation sites excluding steroid dienone is 2. The standard InChI is InChI=1S/C15H15NO2/c1-15(2)12(13(15)14(17)18)8-11(9-16)10-6-4-3-5-7-10/h3-8,12-13H,1-2H3,(H,17,18). The molecule has 0 amide bonds. The highest BCUT2D eigenvalue weighted by molar-refractivity contribution is 5.81. The second-order valence-corrected chi connectivity index (χ2v) is 5.22. The van der Waals surface area contributed by atoms with Crippen molar-refractivity contribution in [3.05, 3.63) is 42.0 Å². The van der Waals surface area contributed by atoms with Crippen LogP contribution in [0.2, 0.25) is 0 Å². The van der Waals surface area contributed by atoms with Crippen LogP contribution in [0, 0.1) is 28.6 Å². The van der Waals surface area contributed by atoms with Gasteiger partial charge in [0.05, 0.1) is 17.6 Å². The summed E-state index contributed by atoms with van der Waals surface area (Å²) in [4.78, 5) is 11.1. The summed E-state index contributed by atoms with van der Waals surface area (Å²) in [5.74, 6) is -1.24. The van der Waals surface area contributed by atoms with Crippen LogP contribution < -0.4 is 0 Å². The molecule has 0 bridgehead atoms. The van der Waals surface area contributed by atoms with Crippen molar-refractivity contribution in [2.24, 2.45) is 17.3 Å². The molecule has 1 fully saturated rings. The molecule has 2 rings (SSSR count). The van der Waals surface area contributed by atoms with E-state index in [-0.39, 0.29) is 17.3 Å². The van der Waals surface area contributed by atoms with Crippen LogP contribution in [0.3, 0.4) is 0 Å². The number of nitrogens with zero attached hydrogens (tertiary/aromatic N) is 1. The van der Waals surface area contributed by atoms with E-state index in [4.69, 9.17) is 5.11 Å². The first kappa shape index (κ1) is 12.4. The lowest BCUT2D eigenvalue weighted by Gasteiger charge is -2.00. The summed E-state index contributed by atoms with van der Waals surface area (Å²) < 4.78 is 0. The zero-order chi connectivity index (χ0) is 13.3. The van der Waals surface area contributed by atoms with E-state index < -0.39 is 5.97 Å². The average Bonchev–Trinajstić information content (AvgIpc) is 2.89. The molecule has 1 N–H and O–H groups in total. The Kier molecular flexibility index (Phi) is 2.96. The van der Waals surface area contributed by atoms with Crippen LogP contribution in [0.4, 0.5) is 0 Å². The summed E-state index contributed by atoms with van der Waals surface area (Å²) in [6.45, 7) is 3.85. The summed E-state index contributed by atoms with van der Waals surface area (Å²) in [7, 11) is 0. The third kappa shape index (κ3) is 2.02. The Balaban J connectivity index is 2.29. The van der Waals surface area contributed by atoms with Crippen molar-refractivity contribution in [2.75, 3.05) is 0 Å². The fourth-order valence-electron chi connectivity index (χ4n) is 2.46. The van der Waals surface area contributed by atoms with Crippen molar-refractivity contribution >= 4 is 11.5 Å². The van der Waals surface area contributed by atoms with Gasteiger partial charge in [-0.25, -0.2) is 0 Å². The summed E-state index contributed by atoms with van der Waals surface area (Å²) >= 11 is 0. The Morgan fingerprint density at radius 3 is 2.44 bits per heavy atom. The van der Waals surface area contributed by atoms with Crippen LogP contribution >= 0.6 is 0 Å². The minimum Gasteiger partial charge on any atom is -0.481 e. The lowest BCUT2D eigenvalue weighted by Crippen LogP contribution is -2.03. The molecule has 0 aromatic heterocycles. The fraction of sp³-hybridized carbons (Fsp3) is 0.333. The number of benzene rings is 1. The topological polar surface area (TPSA) is 61.1 Å². The van der Waals surface area contributed by atoms with E-state index in [2.05, 4.69) is 6.07 Å².